The van der Waals surface area contributed by atoms with Gasteiger partial charge in [-0.2, -0.15) is 0 Å². The van der Waals surface area contributed by atoms with Crippen LogP contribution in [-0.4, -0.2) is 30.6 Å². The first-order valence-electron chi connectivity index (χ1n) is 8.34. The lowest BCUT2D eigenvalue weighted by Gasteiger charge is -2.08. The van der Waals surface area contributed by atoms with Gasteiger partial charge in [0.2, 0.25) is 0 Å². The quantitative estimate of drug-likeness (QED) is 0.341. The van der Waals surface area contributed by atoms with Gasteiger partial charge in [0, 0.05) is 22.6 Å². The normalized spacial score (nSPS) is 10.8. The SMILES string of the molecule is C=CCCNCC=CCOc1ccc(C(=O)c2ccc(Br)cc2)c(O)c1. The summed E-state index contributed by atoms with van der Waals surface area (Å²) < 4.78 is 6.46. The minimum absolute atomic E-state index is 0.0921. The molecular weight excluding hydrogens is 394 g/mol. The number of phenols is 1. The van der Waals surface area contributed by atoms with Crippen LogP contribution in [0.2, 0.25) is 0 Å². The largest absolute Gasteiger partial charge is 0.507 e. The molecule has 0 spiro atoms. The zero-order chi connectivity index (χ0) is 18.8. The van der Waals surface area contributed by atoms with Crippen LogP contribution in [-0.2, 0) is 0 Å². The molecule has 0 unspecified atom stereocenters. The maximum Gasteiger partial charge on any atom is 0.196 e. The monoisotopic (exact) mass is 415 g/mol. The summed E-state index contributed by atoms with van der Waals surface area (Å²) in [6.07, 6.45) is 6.69. The van der Waals surface area contributed by atoms with E-state index in [1.54, 1.807) is 36.4 Å². The van der Waals surface area contributed by atoms with Crippen LogP contribution < -0.4 is 10.1 Å². The summed E-state index contributed by atoms with van der Waals surface area (Å²) in [5.74, 6) is 0.191. The van der Waals surface area contributed by atoms with Crippen LogP contribution in [0.5, 0.6) is 11.5 Å². The first-order valence-corrected chi connectivity index (χ1v) is 9.14. The molecular formula is C21H22BrNO3. The van der Waals surface area contributed by atoms with Crippen molar-refractivity contribution in [2.24, 2.45) is 0 Å². The van der Waals surface area contributed by atoms with E-state index >= 15 is 0 Å². The molecule has 4 nitrogen and oxygen atoms in total. The molecule has 0 radical (unpaired) electrons. The first kappa shape index (κ1) is 19.9. The fourth-order valence-corrected chi connectivity index (χ4v) is 2.50. The van der Waals surface area contributed by atoms with E-state index in [4.69, 9.17) is 4.74 Å². The van der Waals surface area contributed by atoms with E-state index < -0.39 is 0 Å². The molecule has 26 heavy (non-hydrogen) atoms. The predicted octanol–water partition coefficient (Wildman–Crippen LogP) is 4.49. The summed E-state index contributed by atoms with van der Waals surface area (Å²) in [4.78, 5) is 12.5. The van der Waals surface area contributed by atoms with Crippen LogP contribution in [0.15, 0.2) is 71.7 Å². The Balaban J connectivity index is 1.88. The number of ketones is 1. The van der Waals surface area contributed by atoms with E-state index in [1.165, 1.54) is 6.07 Å². The van der Waals surface area contributed by atoms with E-state index in [0.717, 1.165) is 24.0 Å². The second-order valence-corrected chi connectivity index (χ2v) is 6.49. The van der Waals surface area contributed by atoms with Crippen molar-refractivity contribution < 1.29 is 14.6 Å². The van der Waals surface area contributed by atoms with Gasteiger partial charge in [-0.25, -0.2) is 0 Å². The number of aromatic hydroxyl groups is 1. The molecule has 0 saturated heterocycles. The van der Waals surface area contributed by atoms with Gasteiger partial charge in [0.15, 0.2) is 5.78 Å². The molecule has 0 bridgehead atoms. The Kier molecular flexibility index (Phi) is 8.12. The van der Waals surface area contributed by atoms with Gasteiger partial charge in [-0.05, 0) is 49.4 Å². The molecule has 0 amide bonds. The Labute approximate surface area is 162 Å². The lowest BCUT2D eigenvalue weighted by atomic mass is 10.0. The van der Waals surface area contributed by atoms with Gasteiger partial charge in [-0.1, -0.05) is 34.2 Å². The third kappa shape index (κ3) is 6.17. The molecule has 136 valence electrons. The summed E-state index contributed by atoms with van der Waals surface area (Å²) in [6, 6.07) is 11.7. The van der Waals surface area contributed by atoms with E-state index in [1.807, 2.05) is 18.2 Å². The molecule has 0 saturated carbocycles. The highest BCUT2D eigenvalue weighted by Crippen LogP contribution is 2.26. The zero-order valence-corrected chi connectivity index (χ0v) is 16.0. The smallest absolute Gasteiger partial charge is 0.196 e. The average molecular weight is 416 g/mol. The summed E-state index contributed by atoms with van der Waals surface area (Å²) in [6.45, 7) is 5.72. The minimum Gasteiger partial charge on any atom is -0.507 e. The number of benzene rings is 2. The van der Waals surface area contributed by atoms with Gasteiger partial charge in [-0.15, -0.1) is 6.58 Å². The molecule has 2 aromatic carbocycles. The van der Waals surface area contributed by atoms with E-state index in [0.29, 0.717) is 17.9 Å². The standard InChI is InChI=1S/C21H22BrNO3/c1-2-3-12-23-13-4-5-14-26-18-10-11-19(20(24)15-18)21(25)16-6-8-17(22)9-7-16/h2,4-11,15,23-24H,1,3,12-14H2. The molecule has 2 rings (SSSR count). The summed E-state index contributed by atoms with van der Waals surface area (Å²) in [5, 5.41) is 13.4. The highest BCUT2D eigenvalue weighted by Gasteiger charge is 2.14. The highest BCUT2D eigenvalue weighted by atomic mass is 79.9. The zero-order valence-electron chi connectivity index (χ0n) is 14.5. The number of phenolic OH excluding ortho intramolecular Hbond substituents is 1. The van der Waals surface area contributed by atoms with Crippen molar-refractivity contribution in [3.63, 3.8) is 0 Å². The Morgan fingerprint density at radius 3 is 2.65 bits per heavy atom. The maximum absolute atomic E-state index is 12.5. The Morgan fingerprint density at radius 2 is 1.96 bits per heavy atom. The van der Waals surface area contributed by atoms with Crippen LogP contribution in [0, 0.1) is 0 Å². The van der Waals surface area contributed by atoms with Crippen molar-refractivity contribution >= 4 is 21.7 Å². The Hall–Kier alpha value is -2.37. The lowest BCUT2D eigenvalue weighted by Crippen LogP contribution is -2.14. The van der Waals surface area contributed by atoms with Crippen LogP contribution in [0.1, 0.15) is 22.3 Å². The molecule has 2 N–H and O–H groups in total. The second kappa shape index (κ2) is 10.6. The minimum atomic E-state index is -0.230. The average Bonchev–Trinajstić information content (AvgIpc) is 2.64. The number of halogens is 1. The molecule has 0 atom stereocenters. The highest BCUT2D eigenvalue weighted by molar-refractivity contribution is 9.10. The van der Waals surface area contributed by atoms with E-state index in [9.17, 15) is 9.90 Å². The van der Waals surface area contributed by atoms with Gasteiger partial charge >= 0.3 is 0 Å². The Morgan fingerprint density at radius 1 is 1.19 bits per heavy atom. The molecule has 5 heteroatoms. The molecule has 0 heterocycles. The number of carbonyl (C=O) groups is 1. The molecule has 0 fully saturated rings. The molecule has 0 aliphatic rings. The number of nitrogens with one attached hydrogen (secondary N) is 1. The van der Waals surface area contributed by atoms with Gasteiger partial charge < -0.3 is 15.2 Å². The summed E-state index contributed by atoms with van der Waals surface area (Å²) >= 11 is 3.33. The fraction of sp³-hybridized carbons (Fsp3) is 0.190. The van der Waals surface area contributed by atoms with Gasteiger partial charge in [0.25, 0.3) is 0 Å². The van der Waals surface area contributed by atoms with Crippen molar-refractivity contribution in [1.82, 2.24) is 5.32 Å². The van der Waals surface area contributed by atoms with Crippen molar-refractivity contribution in [2.75, 3.05) is 19.7 Å². The predicted molar refractivity (Wildman–Crippen MR) is 108 cm³/mol. The van der Waals surface area contributed by atoms with Crippen molar-refractivity contribution in [3.8, 4) is 11.5 Å². The summed E-state index contributed by atoms with van der Waals surface area (Å²) in [5.41, 5.74) is 0.769. The van der Waals surface area contributed by atoms with Crippen LogP contribution in [0.3, 0.4) is 0 Å². The van der Waals surface area contributed by atoms with Crippen LogP contribution in [0.25, 0.3) is 0 Å². The number of ether oxygens (including phenoxy) is 1. The molecule has 0 aromatic heterocycles. The maximum atomic E-state index is 12.5. The number of carbonyl (C=O) groups excluding carboxylic acids is 1. The first-order chi connectivity index (χ1) is 12.6. The van der Waals surface area contributed by atoms with Crippen LogP contribution in [0.4, 0.5) is 0 Å². The van der Waals surface area contributed by atoms with Gasteiger partial charge in [-0.3, -0.25) is 4.79 Å². The third-order valence-corrected chi connectivity index (χ3v) is 4.15. The fourth-order valence-electron chi connectivity index (χ4n) is 2.24. The van der Waals surface area contributed by atoms with Crippen molar-refractivity contribution in [3.05, 3.63) is 82.9 Å². The lowest BCUT2D eigenvalue weighted by molar-refractivity contribution is 0.103. The van der Waals surface area contributed by atoms with E-state index in [-0.39, 0.29) is 17.1 Å². The summed E-state index contributed by atoms with van der Waals surface area (Å²) in [7, 11) is 0. The van der Waals surface area contributed by atoms with Crippen molar-refractivity contribution in [1.29, 1.82) is 0 Å². The van der Waals surface area contributed by atoms with Crippen LogP contribution >= 0.6 is 15.9 Å². The molecule has 0 aliphatic carbocycles. The second-order valence-electron chi connectivity index (χ2n) is 5.58. The number of hydrogen-bond donors (Lipinski definition) is 2. The topological polar surface area (TPSA) is 58.6 Å². The van der Waals surface area contributed by atoms with E-state index in [2.05, 4.69) is 27.8 Å². The number of rotatable bonds is 10. The van der Waals surface area contributed by atoms with Crippen molar-refractivity contribution in [2.45, 2.75) is 6.42 Å². The number of hydrogen-bond acceptors (Lipinski definition) is 4. The van der Waals surface area contributed by atoms with Gasteiger partial charge in [0.05, 0.1) is 5.56 Å². The molecule has 2 aromatic rings. The third-order valence-electron chi connectivity index (χ3n) is 3.62. The Bertz CT molecular complexity index is 769. The molecule has 0 aliphatic heterocycles. The van der Waals surface area contributed by atoms with Gasteiger partial charge in [0.1, 0.15) is 18.1 Å².